The van der Waals surface area contributed by atoms with Gasteiger partial charge in [-0.2, -0.15) is 0 Å². The molecule has 3 aromatic carbocycles. The van der Waals surface area contributed by atoms with E-state index in [4.69, 9.17) is 4.98 Å². The summed E-state index contributed by atoms with van der Waals surface area (Å²) in [6, 6.07) is 25.2. The molecular weight excluding hydrogens is 548 g/mol. The number of carbonyl (C=O) groups is 1. The maximum Gasteiger partial charge on any atom is 0.283 e. The molecule has 0 radical (unpaired) electrons. The van der Waals surface area contributed by atoms with Gasteiger partial charge in [-0.15, -0.1) is 0 Å². The number of nitrogens with one attached hydrogen (secondary N) is 1. The summed E-state index contributed by atoms with van der Waals surface area (Å²) in [5, 5.41) is 3.38. The number of aromatic nitrogens is 3. The Morgan fingerprint density at radius 3 is 2.38 bits per heavy atom. The number of thioether (sulfide) groups is 1. The topological polar surface area (TPSA) is 68.9 Å². The van der Waals surface area contributed by atoms with Crippen LogP contribution in [0.1, 0.15) is 12.5 Å². The minimum Gasteiger partial charge on any atom is -0.344 e. The van der Waals surface area contributed by atoms with Gasteiger partial charge in [0.2, 0.25) is 5.91 Å². The zero-order valence-electron chi connectivity index (χ0n) is 20.4. The number of amides is 1. The average Bonchev–Trinajstić information content (AvgIpc) is 3.26. The van der Waals surface area contributed by atoms with Crippen LogP contribution >= 0.6 is 27.7 Å². The molecule has 0 unspecified atom stereocenters. The van der Waals surface area contributed by atoms with E-state index in [1.165, 1.54) is 17.3 Å². The summed E-state index contributed by atoms with van der Waals surface area (Å²) in [7, 11) is 1.86. The minimum atomic E-state index is -0.175. The van der Waals surface area contributed by atoms with Gasteiger partial charge in [0.25, 0.3) is 5.56 Å². The second-order valence-electron chi connectivity index (χ2n) is 8.62. The van der Waals surface area contributed by atoms with Gasteiger partial charge in [-0.3, -0.25) is 14.2 Å². The van der Waals surface area contributed by atoms with E-state index in [1.807, 2.05) is 96.7 Å². The molecule has 0 aliphatic rings. The van der Waals surface area contributed by atoms with Crippen LogP contribution in [0, 0.1) is 0 Å². The first kappa shape index (κ1) is 25.0. The predicted octanol–water partition coefficient (Wildman–Crippen LogP) is 6.45. The first-order valence-corrected chi connectivity index (χ1v) is 13.7. The number of hydrogen-bond donors (Lipinski definition) is 1. The Balaban J connectivity index is 1.58. The standard InChI is InChI=1S/C29H25BrN4O2S/c1-3-19-9-15-23(16-10-19)34-28(36)27-26(24(17-33(27)2)20-7-5-4-6-8-20)32-29(34)37-18-25(35)31-22-13-11-21(30)12-14-22/h4-17H,3,18H2,1-2H3,(H,31,35). The Kier molecular flexibility index (Phi) is 7.30. The molecule has 5 rings (SSSR count). The van der Waals surface area contributed by atoms with Crippen molar-refractivity contribution in [3.8, 4) is 16.8 Å². The number of aryl methyl sites for hydroxylation is 2. The highest BCUT2D eigenvalue weighted by Crippen LogP contribution is 2.30. The summed E-state index contributed by atoms with van der Waals surface area (Å²) >= 11 is 4.65. The molecule has 0 saturated carbocycles. The fraction of sp³-hybridized carbons (Fsp3) is 0.138. The third-order valence-corrected chi connectivity index (χ3v) is 7.57. The fourth-order valence-electron chi connectivity index (χ4n) is 4.21. The SMILES string of the molecule is CCc1ccc(-n2c(SCC(=O)Nc3ccc(Br)cc3)nc3c(-c4ccccc4)cn(C)c3c2=O)cc1. The first-order chi connectivity index (χ1) is 17.9. The van der Waals surface area contributed by atoms with Crippen LogP contribution in [0.4, 0.5) is 5.69 Å². The van der Waals surface area contributed by atoms with Gasteiger partial charge in [0.05, 0.1) is 11.4 Å². The molecule has 0 bridgehead atoms. The summed E-state index contributed by atoms with van der Waals surface area (Å²) in [5.74, 6) is -0.0694. The van der Waals surface area contributed by atoms with E-state index in [-0.39, 0.29) is 17.2 Å². The molecule has 2 heterocycles. The van der Waals surface area contributed by atoms with Crippen LogP contribution in [0.15, 0.2) is 99.5 Å². The fourth-order valence-corrected chi connectivity index (χ4v) is 5.28. The number of benzene rings is 3. The quantitative estimate of drug-likeness (QED) is 0.180. The van der Waals surface area contributed by atoms with Crippen molar-refractivity contribution in [3.63, 3.8) is 0 Å². The molecule has 186 valence electrons. The van der Waals surface area contributed by atoms with Gasteiger partial charge in [0, 0.05) is 29.0 Å². The van der Waals surface area contributed by atoms with Crippen molar-refractivity contribution in [3.05, 3.63) is 105 Å². The zero-order chi connectivity index (χ0) is 25.9. The summed E-state index contributed by atoms with van der Waals surface area (Å²) in [5.41, 5.74) is 5.43. The molecule has 0 aliphatic heterocycles. The number of rotatable bonds is 7. The van der Waals surface area contributed by atoms with Crippen molar-refractivity contribution >= 4 is 50.3 Å². The van der Waals surface area contributed by atoms with Crippen molar-refractivity contribution in [1.29, 1.82) is 0 Å². The monoisotopic (exact) mass is 572 g/mol. The van der Waals surface area contributed by atoms with Gasteiger partial charge in [-0.1, -0.05) is 77.1 Å². The van der Waals surface area contributed by atoms with E-state index in [0.29, 0.717) is 21.9 Å². The summed E-state index contributed by atoms with van der Waals surface area (Å²) in [6.07, 6.45) is 2.84. The van der Waals surface area contributed by atoms with E-state index in [2.05, 4.69) is 28.2 Å². The van der Waals surface area contributed by atoms with Crippen LogP contribution in [0.5, 0.6) is 0 Å². The third kappa shape index (κ3) is 5.26. The Labute approximate surface area is 227 Å². The highest BCUT2D eigenvalue weighted by molar-refractivity contribution is 9.10. The lowest BCUT2D eigenvalue weighted by Crippen LogP contribution is -2.24. The highest BCUT2D eigenvalue weighted by Gasteiger charge is 2.20. The Bertz CT molecular complexity index is 1630. The van der Waals surface area contributed by atoms with Crippen molar-refractivity contribution in [2.45, 2.75) is 18.5 Å². The molecule has 1 N–H and O–H groups in total. The molecule has 6 nitrogen and oxygen atoms in total. The second kappa shape index (κ2) is 10.8. The molecule has 5 aromatic rings. The summed E-state index contributed by atoms with van der Waals surface area (Å²) in [4.78, 5) is 31.7. The molecule has 0 spiro atoms. The molecule has 2 aromatic heterocycles. The zero-order valence-corrected chi connectivity index (χ0v) is 22.8. The Morgan fingerprint density at radius 2 is 1.70 bits per heavy atom. The number of halogens is 1. The molecule has 0 fully saturated rings. The van der Waals surface area contributed by atoms with Crippen molar-refractivity contribution in [2.24, 2.45) is 7.05 Å². The number of carbonyl (C=O) groups excluding carboxylic acids is 1. The predicted molar refractivity (Wildman–Crippen MR) is 155 cm³/mol. The van der Waals surface area contributed by atoms with Gasteiger partial charge in [-0.25, -0.2) is 4.98 Å². The van der Waals surface area contributed by atoms with E-state index in [0.717, 1.165) is 27.7 Å². The third-order valence-electron chi connectivity index (χ3n) is 6.11. The summed E-state index contributed by atoms with van der Waals surface area (Å²) in [6.45, 7) is 2.09. The van der Waals surface area contributed by atoms with Gasteiger partial charge in [-0.05, 0) is 53.9 Å². The average molecular weight is 574 g/mol. The van der Waals surface area contributed by atoms with Gasteiger partial charge >= 0.3 is 0 Å². The largest absolute Gasteiger partial charge is 0.344 e. The second-order valence-corrected chi connectivity index (χ2v) is 10.5. The van der Waals surface area contributed by atoms with Gasteiger partial charge in [0.15, 0.2) is 5.16 Å². The number of fused-ring (bicyclic) bond motifs is 1. The molecular formula is C29H25BrN4O2S. The lowest BCUT2D eigenvalue weighted by Gasteiger charge is -2.13. The van der Waals surface area contributed by atoms with Gasteiger partial charge < -0.3 is 9.88 Å². The first-order valence-electron chi connectivity index (χ1n) is 11.9. The van der Waals surface area contributed by atoms with E-state index in [1.54, 1.807) is 4.57 Å². The molecule has 1 amide bonds. The maximum atomic E-state index is 13.9. The molecule has 8 heteroatoms. The lowest BCUT2D eigenvalue weighted by atomic mass is 10.1. The Morgan fingerprint density at radius 1 is 1.00 bits per heavy atom. The van der Waals surface area contributed by atoms with Crippen molar-refractivity contribution in [2.75, 3.05) is 11.1 Å². The molecule has 0 aliphatic carbocycles. The van der Waals surface area contributed by atoms with E-state index < -0.39 is 0 Å². The summed E-state index contributed by atoms with van der Waals surface area (Å²) < 4.78 is 4.37. The maximum absolute atomic E-state index is 13.9. The highest BCUT2D eigenvalue weighted by atomic mass is 79.9. The lowest BCUT2D eigenvalue weighted by molar-refractivity contribution is -0.113. The van der Waals surface area contributed by atoms with Crippen LogP contribution in [0.25, 0.3) is 27.8 Å². The van der Waals surface area contributed by atoms with Crippen LogP contribution in [0.3, 0.4) is 0 Å². The number of hydrogen-bond acceptors (Lipinski definition) is 4. The van der Waals surface area contributed by atoms with Crippen LogP contribution in [-0.4, -0.2) is 25.8 Å². The molecule has 37 heavy (non-hydrogen) atoms. The van der Waals surface area contributed by atoms with Gasteiger partial charge in [0.1, 0.15) is 11.0 Å². The molecule has 0 saturated heterocycles. The van der Waals surface area contributed by atoms with E-state index >= 15 is 0 Å². The number of anilines is 1. The van der Waals surface area contributed by atoms with Crippen molar-refractivity contribution < 1.29 is 4.79 Å². The van der Waals surface area contributed by atoms with Crippen LogP contribution in [-0.2, 0) is 18.3 Å². The number of nitrogens with zero attached hydrogens (tertiary/aromatic N) is 3. The minimum absolute atomic E-state index is 0.106. The van der Waals surface area contributed by atoms with E-state index in [9.17, 15) is 9.59 Å². The van der Waals surface area contributed by atoms with Crippen LogP contribution in [0.2, 0.25) is 0 Å². The Hall–Kier alpha value is -3.62. The normalized spacial score (nSPS) is 11.1. The van der Waals surface area contributed by atoms with Crippen molar-refractivity contribution in [1.82, 2.24) is 14.1 Å². The molecule has 0 atom stereocenters. The smallest absolute Gasteiger partial charge is 0.283 e. The van der Waals surface area contributed by atoms with Crippen LogP contribution < -0.4 is 10.9 Å².